The summed E-state index contributed by atoms with van der Waals surface area (Å²) in [5.41, 5.74) is 1.01. The second-order valence-corrected chi connectivity index (χ2v) is 4.88. The molecule has 0 bridgehead atoms. The molecule has 0 fully saturated rings. The van der Waals surface area contributed by atoms with Crippen molar-refractivity contribution in [1.29, 1.82) is 0 Å². The molecule has 2 aromatic heterocycles. The molecule has 5 nitrogen and oxygen atoms in total. The monoisotopic (exact) mass is 274 g/mol. The zero-order valence-electron chi connectivity index (χ0n) is 12.7. The number of rotatable bonds is 5. The molecule has 0 aliphatic carbocycles. The van der Waals surface area contributed by atoms with Crippen LogP contribution in [-0.2, 0) is 6.42 Å². The molecule has 20 heavy (non-hydrogen) atoms. The molecule has 0 aliphatic rings. The highest BCUT2D eigenvalue weighted by Crippen LogP contribution is 2.25. The van der Waals surface area contributed by atoms with Crippen molar-refractivity contribution < 1.29 is 4.42 Å². The molecule has 108 valence electrons. The summed E-state index contributed by atoms with van der Waals surface area (Å²) in [6.07, 6.45) is 0.803. The summed E-state index contributed by atoms with van der Waals surface area (Å²) in [6, 6.07) is 4.02. The van der Waals surface area contributed by atoms with E-state index in [9.17, 15) is 0 Å². The van der Waals surface area contributed by atoms with Gasteiger partial charge in [-0.2, -0.15) is 0 Å². The highest BCUT2D eigenvalue weighted by molar-refractivity contribution is 5.57. The normalized spacial score (nSPS) is 12.2. The second-order valence-electron chi connectivity index (χ2n) is 4.88. The minimum atomic E-state index is 0.0618. The molecule has 2 N–H and O–H groups in total. The Hall–Kier alpha value is -2.04. The first-order valence-electron chi connectivity index (χ1n) is 6.93. The maximum Gasteiger partial charge on any atom is 0.135 e. The summed E-state index contributed by atoms with van der Waals surface area (Å²) in [7, 11) is 1.87. The summed E-state index contributed by atoms with van der Waals surface area (Å²) in [5.74, 6) is 4.36. The Morgan fingerprint density at radius 1 is 1.20 bits per heavy atom. The lowest BCUT2D eigenvalue weighted by Gasteiger charge is -2.17. The van der Waals surface area contributed by atoms with Gasteiger partial charge >= 0.3 is 0 Å². The number of hydrogen-bond donors (Lipinski definition) is 2. The molecular formula is C15H22N4O. The van der Waals surface area contributed by atoms with E-state index in [2.05, 4.69) is 27.5 Å². The van der Waals surface area contributed by atoms with E-state index in [0.29, 0.717) is 0 Å². The molecule has 0 saturated heterocycles. The quantitative estimate of drug-likeness (QED) is 0.874. The predicted molar refractivity (Wildman–Crippen MR) is 81.2 cm³/mol. The lowest BCUT2D eigenvalue weighted by Crippen LogP contribution is -2.12. The van der Waals surface area contributed by atoms with Crippen molar-refractivity contribution in [2.24, 2.45) is 0 Å². The zero-order valence-corrected chi connectivity index (χ0v) is 12.7. The van der Waals surface area contributed by atoms with Gasteiger partial charge in [-0.25, -0.2) is 9.97 Å². The summed E-state index contributed by atoms with van der Waals surface area (Å²) in [6.45, 7) is 8.06. The fraction of sp³-hybridized carbons (Fsp3) is 0.467. The maximum absolute atomic E-state index is 5.65. The Balaban J connectivity index is 2.28. The van der Waals surface area contributed by atoms with Gasteiger partial charge < -0.3 is 15.1 Å². The van der Waals surface area contributed by atoms with Crippen LogP contribution >= 0.6 is 0 Å². The van der Waals surface area contributed by atoms with Gasteiger partial charge in [0.05, 0.1) is 6.04 Å². The van der Waals surface area contributed by atoms with Crippen molar-refractivity contribution in [2.75, 3.05) is 17.7 Å². The second kappa shape index (κ2) is 5.94. The summed E-state index contributed by atoms with van der Waals surface area (Å²) < 4.78 is 5.65. The molecule has 1 unspecified atom stereocenters. The van der Waals surface area contributed by atoms with Gasteiger partial charge in [0.15, 0.2) is 0 Å². The van der Waals surface area contributed by atoms with Crippen LogP contribution in [0.2, 0.25) is 0 Å². The first kappa shape index (κ1) is 14.4. The Morgan fingerprint density at radius 3 is 2.45 bits per heavy atom. The fourth-order valence-corrected chi connectivity index (χ4v) is 2.07. The van der Waals surface area contributed by atoms with Crippen LogP contribution < -0.4 is 10.6 Å². The van der Waals surface area contributed by atoms with Crippen molar-refractivity contribution in [3.63, 3.8) is 0 Å². The topological polar surface area (TPSA) is 63.0 Å². The third kappa shape index (κ3) is 2.92. The van der Waals surface area contributed by atoms with Crippen LogP contribution in [0.25, 0.3) is 0 Å². The first-order valence-corrected chi connectivity index (χ1v) is 6.93. The van der Waals surface area contributed by atoms with Crippen molar-refractivity contribution in [3.05, 3.63) is 35.0 Å². The van der Waals surface area contributed by atoms with Crippen LogP contribution in [0.5, 0.6) is 0 Å². The minimum absolute atomic E-state index is 0.0618. The van der Waals surface area contributed by atoms with Gasteiger partial charge in [0, 0.05) is 19.0 Å². The molecule has 2 rings (SSSR count). The van der Waals surface area contributed by atoms with Crippen LogP contribution in [0.3, 0.4) is 0 Å². The van der Waals surface area contributed by atoms with Gasteiger partial charge in [0.25, 0.3) is 0 Å². The Bertz CT molecular complexity index is 592. The lowest BCUT2D eigenvalue weighted by atomic mass is 10.2. The Labute approximate surface area is 119 Å². The van der Waals surface area contributed by atoms with Crippen molar-refractivity contribution >= 4 is 11.6 Å². The SMILES string of the molecule is CCc1nc(NC)c(C)c(NC(C)c2ccc(C)o2)n1. The summed E-state index contributed by atoms with van der Waals surface area (Å²) >= 11 is 0. The molecule has 0 aromatic carbocycles. The number of aromatic nitrogens is 2. The van der Waals surface area contributed by atoms with Gasteiger partial charge in [-0.05, 0) is 32.9 Å². The van der Waals surface area contributed by atoms with Crippen molar-refractivity contribution in [3.8, 4) is 0 Å². The van der Waals surface area contributed by atoms with E-state index in [1.807, 2.05) is 40.0 Å². The zero-order chi connectivity index (χ0) is 14.7. The largest absolute Gasteiger partial charge is 0.464 e. The summed E-state index contributed by atoms with van der Waals surface area (Å²) in [4.78, 5) is 9.04. The maximum atomic E-state index is 5.65. The average Bonchev–Trinajstić information content (AvgIpc) is 2.87. The standard InChI is InChI=1S/C15H22N4O/c1-6-13-18-14(16-5)10(3)15(19-13)17-11(4)12-8-7-9(2)20-12/h7-8,11H,6H2,1-5H3,(H2,16,17,18,19). The van der Waals surface area contributed by atoms with Crippen molar-refractivity contribution in [1.82, 2.24) is 9.97 Å². The third-order valence-corrected chi connectivity index (χ3v) is 3.29. The number of hydrogen-bond acceptors (Lipinski definition) is 5. The van der Waals surface area contributed by atoms with E-state index in [1.54, 1.807) is 0 Å². The molecule has 0 amide bonds. The van der Waals surface area contributed by atoms with Crippen LogP contribution in [0, 0.1) is 13.8 Å². The van der Waals surface area contributed by atoms with Crippen LogP contribution in [0.1, 0.15) is 42.8 Å². The van der Waals surface area contributed by atoms with Gasteiger partial charge in [0.2, 0.25) is 0 Å². The van der Waals surface area contributed by atoms with Gasteiger partial charge in [-0.1, -0.05) is 6.92 Å². The Kier molecular flexibility index (Phi) is 4.27. The molecule has 5 heteroatoms. The highest BCUT2D eigenvalue weighted by Gasteiger charge is 2.14. The minimum Gasteiger partial charge on any atom is -0.464 e. The molecule has 0 saturated carbocycles. The molecule has 0 aliphatic heterocycles. The van der Waals surface area contributed by atoms with Crippen LogP contribution in [-0.4, -0.2) is 17.0 Å². The lowest BCUT2D eigenvalue weighted by molar-refractivity contribution is 0.466. The van der Waals surface area contributed by atoms with Crippen molar-refractivity contribution in [2.45, 2.75) is 40.2 Å². The average molecular weight is 274 g/mol. The van der Waals surface area contributed by atoms with Crippen LogP contribution in [0.15, 0.2) is 16.5 Å². The van der Waals surface area contributed by atoms with E-state index in [1.165, 1.54) is 0 Å². The first-order chi connectivity index (χ1) is 9.55. The molecule has 2 heterocycles. The predicted octanol–water partition coefficient (Wildman–Crippen LogP) is 3.46. The van der Waals surface area contributed by atoms with E-state index >= 15 is 0 Å². The number of furan rings is 1. The van der Waals surface area contributed by atoms with Gasteiger partial charge in [-0.3, -0.25) is 0 Å². The molecule has 0 spiro atoms. The molecule has 0 radical (unpaired) electrons. The number of anilines is 2. The highest BCUT2D eigenvalue weighted by atomic mass is 16.3. The van der Waals surface area contributed by atoms with E-state index in [0.717, 1.165) is 41.0 Å². The Morgan fingerprint density at radius 2 is 1.90 bits per heavy atom. The number of aryl methyl sites for hydroxylation is 2. The number of nitrogens with zero attached hydrogens (tertiary/aromatic N) is 2. The van der Waals surface area contributed by atoms with E-state index < -0.39 is 0 Å². The third-order valence-electron chi connectivity index (χ3n) is 3.29. The summed E-state index contributed by atoms with van der Waals surface area (Å²) in [5, 5.41) is 6.52. The molecular weight excluding hydrogens is 252 g/mol. The van der Waals surface area contributed by atoms with Gasteiger partial charge in [-0.15, -0.1) is 0 Å². The molecule has 2 aromatic rings. The molecule has 1 atom stereocenters. The van der Waals surface area contributed by atoms with E-state index in [4.69, 9.17) is 4.42 Å². The smallest absolute Gasteiger partial charge is 0.135 e. The number of nitrogens with one attached hydrogen (secondary N) is 2. The van der Waals surface area contributed by atoms with Gasteiger partial charge in [0.1, 0.15) is 29.0 Å². The van der Waals surface area contributed by atoms with E-state index in [-0.39, 0.29) is 6.04 Å². The van der Waals surface area contributed by atoms with Crippen LogP contribution in [0.4, 0.5) is 11.6 Å². The fourth-order valence-electron chi connectivity index (χ4n) is 2.07.